The van der Waals surface area contributed by atoms with Crippen LogP contribution in [0.2, 0.25) is 0 Å². The van der Waals surface area contributed by atoms with E-state index < -0.39 is 0 Å². The van der Waals surface area contributed by atoms with Crippen molar-refractivity contribution >= 4 is 33.6 Å². The Bertz CT molecular complexity index is 1490. The molecule has 37 heavy (non-hydrogen) atoms. The zero-order valence-electron chi connectivity index (χ0n) is 20.8. The van der Waals surface area contributed by atoms with Crippen molar-refractivity contribution < 1.29 is 0 Å². The Morgan fingerprint density at radius 3 is 0.919 bits per heavy atom. The van der Waals surface area contributed by atoms with Crippen LogP contribution in [-0.4, -0.2) is 0 Å². The summed E-state index contributed by atoms with van der Waals surface area (Å²) in [6, 6.07) is 44.5. The van der Waals surface area contributed by atoms with Crippen LogP contribution >= 0.6 is 11.3 Å². The van der Waals surface area contributed by atoms with Gasteiger partial charge in [0.15, 0.2) is 0 Å². The molecule has 2 aliphatic carbocycles. The zero-order chi connectivity index (χ0) is 24.6. The van der Waals surface area contributed by atoms with Gasteiger partial charge in [-0.3, -0.25) is 0 Å². The monoisotopic (exact) mass is 492 g/mol. The van der Waals surface area contributed by atoms with Crippen molar-refractivity contribution in [3.05, 3.63) is 144 Å². The van der Waals surface area contributed by atoms with Gasteiger partial charge in [0.25, 0.3) is 0 Å². The smallest absolute Gasteiger partial charge is 0.0349 e. The van der Waals surface area contributed by atoms with Gasteiger partial charge in [-0.1, -0.05) is 109 Å². The van der Waals surface area contributed by atoms with Crippen molar-refractivity contribution in [2.24, 2.45) is 0 Å². The van der Waals surface area contributed by atoms with E-state index >= 15 is 0 Å². The lowest BCUT2D eigenvalue weighted by Gasteiger charge is -2.25. The van der Waals surface area contributed by atoms with Gasteiger partial charge in [-0.2, -0.15) is 0 Å². The summed E-state index contributed by atoms with van der Waals surface area (Å²) < 4.78 is 0. The second kappa shape index (κ2) is 9.50. The van der Waals surface area contributed by atoms with E-state index in [-0.39, 0.29) is 0 Å². The minimum atomic E-state index is 1.17. The standard InChI is InChI=1S/C36H28S/c1-3-7-25(8-4-1)31-19-21-33(31)27-11-15-29(16-12-27)35-23-24-36(37-35)30-17-13-28(14-18-30)34-22-20-32(34)26-9-5-2-6-10-26/h1-18,23-24H,19-22H2. The first-order valence-electron chi connectivity index (χ1n) is 13.2. The molecule has 5 aromatic rings. The highest BCUT2D eigenvalue weighted by atomic mass is 32.1. The quantitative estimate of drug-likeness (QED) is 0.221. The largest absolute Gasteiger partial charge is 0.135 e. The minimum absolute atomic E-state index is 1.17. The molecule has 178 valence electrons. The van der Waals surface area contributed by atoms with Gasteiger partial charge in [0, 0.05) is 9.75 Å². The normalized spacial score (nSPS) is 14.9. The molecule has 0 radical (unpaired) electrons. The second-order valence-corrected chi connectivity index (χ2v) is 11.0. The Kier molecular flexibility index (Phi) is 5.72. The zero-order valence-corrected chi connectivity index (χ0v) is 21.6. The average molecular weight is 493 g/mol. The van der Waals surface area contributed by atoms with E-state index in [0.717, 1.165) is 0 Å². The van der Waals surface area contributed by atoms with Crippen LogP contribution in [0.1, 0.15) is 47.9 Å². The lowest BCUT2D eigenvalue weighted by atomic mass is 9.80. The highest BCUT2D eigenvalue weighted by Gasteiger charge is 2.21. The van der Waals surface area contributed by atoms with E-state index in [1.54, 1.807) is 0 Å². The summed E-state index contributed by atoms with van der Waals surface area (Å²) >= 11 is 1.88. The molecule has 0 spiro atoms. The molecule has 0 fully saturated rings. The molecule has 0 amide bonds. The number of thiophene rings is 1. The maximum Gasteiger partial charge on any atom is 0.0349 e. The van der Waals surface area contributed by atoms with Gasteiger partial charge in [-0.05, 0) is 93.5 Å². The molecule has 0 unspecified atom stereocenters. The molecule has 1 heterocycles. The SMILES string of the molecule is c1ccc(C2=C(c3ccc(-c4ccc(-c5ccc(C6=C(c7ccccc7)CC6)cc5)s4)cc3)CC2)cc1. The fourth-order valence-electron chi connectivity index (χ4n) is 5.62. The molecule has 2 aliphatic rings. The molecule has 4 aromatic carbocycles. The molecular weight excluding hydrogens is 464 g/mol. The van der Waals surface area contributed by atoms with Crippen molar-refractivity contribution in [1.29, 1.82) is 0 Å². The van der Waals surface area contributed by atoms with Crippen LogP contribution in [0.5, 0.6) is 0 Å². The van der Waals surface area contributed by atoms with Crippen LogP contribution < -0.4 is 0 Å². The molecular formula is C36H28S. The topological polar surface area (TPSA) is 0 Å². The first-order valence-corrected chi connectivity index (χ1v) is 14.0. The summed E-state index contributed by atoms with van der Waals surface area (Å²) in [5.41, 5.74) is 14.1. The van der Waals surface area contributed by atoms with Crippen LogP contribution in [0.15, 0.2) is 121 Å². The van der Waals surface area contributed by atoms with E-state index in [2.05, 4.69) is 121 Å². The van der Waals surface area contributed by atoms with E-state index in [1.807, 2.05) is 11.3 Å². The first kappa shape index (κ1) is 22.3. The average Bonchev–Trinajstić information content (AvgIpc) is 3.40. The van der Waals surface area contributed by atoms with Crippen molar-refractivity contribution in [2.75, 3.05) is 0 Å². The summed E-state index contributed by atoms with van der Waals surface area (Å²) in [5.74, 6) is 0. The lowest BCUT2D eigenvalue weighted by molar-refractivity contribution is 1.01. The van der Waals surface area contributed by atoms with Crippen LogP contribution in [-0.2, 0) is 0 Å². The third kappa shape index (κ3) is 4.20. The molecule has 0 N–H and O–H groups in total. The third-order valence-corrected chi connectivity index (χ3v) is 9.05. The van der Waals surface area contributed by atoms with Gasteiger partial charge < -0.3 is 0 Å². The summed E-state index contributed by atoms with van der Waals surface area (Å²) in [6.07, 6.45) is 4.71. The molecule has 0 aliphatic heterocycles. The molecule has 0 saturated carbocycles. The minimum Gasteiger partial charge on any atom is -0.135 e. The summed E-state index contributed by atoms with van der Waals surface area (Å²) in [4.78, 5) is 2.65. The molecule has 0 nitrogen and oxygen atoms in total. The van der Waals surface area contributed by atoms with E-state index in [1.165, 1.54) is 91.1 Å². The molecule has 7 rings (SSSR count). The highest BCUT2D eigenvalue weighted by molar-refractivity contribution is 7.18. The van der Waals surface area contributed by atoms with Crippen LogP contribution in [0.4, 0.5) is 0 Å². The summed E-state index contributed by atoms with van der Waals surface area (Å²) in [6.45, 7) is 0. The number of allylic oxidation sites excluding steroid dienone is 4. The fourth-order valence-corrected chi connectivity index (χ4v) is 6.64. The van der Waals surface area contributed by atoms with Crippen molar-refractivity contribution in [2.45, 2.75) is 25.7 Å². The third-order valence-electron chi connectivity index (χ3n) is 7.86. The highest BCUT2D eigenvalue weighted by Crippen LogP contribution is 2.44. The van der Waals surface area contributed by atoms with Gasteiger partial charge in [-0.25, -0.2) is 0 Å². The maximum absolute atomic E-state index is 2.30. The fraction of sp³-hybridized carbons (Fsp3) is 0.111. The van der Waals surface area contributed by atoms with Gasteiger partial charge in [0.05, 0.1) is 0 Å². The molecule has 1 heteroatoms. The number of hydrogen-bond donors (Lipinski definition) is 0. The van der Waals surface area contributed by atoms with Crippen LogP contribution in [0.3, 0.4) is 0 Å². The van der Waals surface area contributed by atoms with Crippen molar-refractivity contribution in [1.82, 2.24) is 0 Å². The lowest BCUT2D eigenvalue weighted by Crippen LogP contribution is -2.02. The van der Waals surface area contributed by atoms with Crippen LogP contribution in [0.25, 0.3) is 43.2 Å². The Balaban J connectivity index is 1.10. The molecule has 1 aromatic heterocycles. The van der Waals surface area contributed by atoms with E-state index in [4.69, 9.17) is 0 Å². The molecule has 0 saturated heterocycles. The number of hydrogen-bond acceptors (Lipinski definition) is 1. The molecule has 0 atom stereocenters. The van der Waals surface area contributed by atoms with Crippen LogP contribution in [0, 0.1) is 0 Å². The summed E-state index contributed by atoms with van der Waals surface area (Å²) in [7, 11) is 0. The van der Waals surface area contributed by atoms with Crippen molar-refractivity contribution in [3.8, 4) is 20.9 Å². The Labute approximate surface area is 223 Å². The predicted octanol–water partition coefficient (Wildman–Crippen LogP) is 10.5. The van der Waals surface area contributed by atoms with Crippen molar-refractivity contribution in [3.63, 3.8) is 0 Å². The van der Waals surface area contributed by atoms with E-state index in [0.29, 0.717) is 0 Å². The maximum atomic E-state index is 2.30. The van der Waals surface area contributed by atoms with Gasteiger partial charge in [0.1, 0.15) is 0 Å². The Hall–Kier alpha value is -3.94. The van der Waals surface area contributed by atoms with E-state index in [9.17, 15) is 0 Å². The number of benzene rings is 4. The Morgan fingerprint density at radius 1 is 0.297 bits per heavy atom. The van der Waals surface area contributed by atoms with Gasteiger partial charge >= 0.3 is 0 Å². The van der Waals surface area contributed by atoms with Gasteiger partial charge in [0.2, 0.25) is 0 Å². The second-order valence-electron chi connectivity index (χ2n) is 9.96. The summed E-state index contributed by atoms with van der Waals surface area (Å²) in [5, 5.41) is 0. The number of rotatable bonds is 6. The molecule has 0 bridgehead atoms. The predicted molar refractivity (Wildman–Crippen MR) is 160 cm³/mol. The van der Waals surface area contributed by atoms with Gasteiger partial charge in [-0.15, -0.1) is 11.3 Å². The first-order chi connectivity index (χ1) is 18.3. The Morgan fingerprint density at radius 2 is 0.595 bits per heavy atom.